The van der Waals surface area contributed by atoms with Crippen LogP contribution < -0.4 is 15.0 Å². The van der Waals surface area contributed by atoms with E-state index in [1.54, 1.807) is 0 Å². The molecule has 3 heteroatoms. The number of benzene rings is 1. The Labute approximate surface area is 110 Å². The number of nitrogens with zero attached hydrogens (tertiary/aromatic N) is 1. The van der Waals surface area contributed by atoms with Crippen LogP contribution in [0.2, 0.25) is 0 Å². The standard InChI is InChI=1S/C15H24N2O/c1-11-8-12(2)15-14(9-11)17(4)13(10-18-15)6-5-7-16-3/h8-9,13,16H,5-7,10H2,1-4H3. The van der Waals surface area contributed by atoms with Crippen molar-refractivity contribution in [3.05, 3.63) is 23.3 Å². The molecule has 0 bridgehead atoms. The molecule has 1 aliphatic rings. The molecule has 1 N–H and O–H groups in total. The van der Waals surface area contributed by atoms with Crippen LogP contribution in [0, 0.1) is 13.8 Å². The Kier molecular flexibility index (Phi) is 4.12. The predicted octanol–water partition coefficient (Wildman–Crippen LogP) is 2.50. The number of hydrogen-bond donors (Lipinski definition) is 1. The third kappa shape index (κ3) is 2.61. The third-order valence-electron chi connectivity index (χ3n) is 3.71. The first-order chi connectivity index (χ1) is 8.63. The highest BCUT2D eigenvalue weighted by atomic mass is 16.5. The molecule has 18 heavy (non-hydrogen) atoms. The fraction of sp³-hybridized carbons (Fsp3) is 0.600. The van der Waals surface area contributed by atoms with Crippen molar-refractivity contribution in [1.29, 1.82) is 0 Å². The highest BCUT2D eigenvalue weighted by Crippen LogP contribution is 2.37. The molecule has 3 nitrogen and oxygen atoms in total. The summed E-state index contributed by atoms with van der Waals surface area (Å²) in [4.78, 5) is 2.38. The minimum Gasteiger partial charge on any atom is -0.489 e. The Morgan fingerprint density at radius 3 is 2.89 bits per heavy atom. The van der Waals surface area contributed by atoms with Gasteiger partial charge in [-0.05, 0) is 57.5 Å². The second kappa shape index (κ2) is 5.61. The number of nitrogens with one attached hydrogen (secondary N) is 1. The van der Waals surface area contributed by atoms with Gasteiger partial charge < -0.3 is 15.0 Å². The number of ether oxygens (including phenoxy) is 1. The molecule has 1 unspecified atom stereocenters. The van der Waals surface area contributed by atoms with Gasteiger partial charge in [-0.3, -0.25) is 0 Å². The van der Waals surface area contributed by atoms with Gasteiger partial charge in [-0.1, -0.05) is 6.07 Å². The molecule has 0 saturated carbocycles. The number of anilines is 1. The average Bonchev–Trinajstić information content (AvgIpc) is 2.33. The van der Waals surface area contributed by atoms with Crippen molar-refractivity contribution in [3.8, 4) is 5.75 Å². The molecule has 0 fully saturated rings. The van der Waals surface area contributed by atoms with E-state index in [4.69, 9.17) is 4.74 Å². The summed E-state index contributed by atoms with van der Waals surface area (Å²) in [6, 6.07) is 4.91. The van der Waals surface area contributed by atoms with E-state index in [-0.39, 0.29) is 0 Å². The van der Waals surface area contributed by atoms with E-state index in [0.29, 0.717) is 6.04 Å². The van der Waals surface area contributed by atoms with Crippen molar-refractivity contribution in [2.75, 3.05) is 32.1 Å². The summed E-state index contributed by atoms with van der Waals surface area (Å²) >= 11 is 0. The maximum absolute atomic E-state index is 5.96. The van der Waals surface area contributed by atoms with Crippen LogP contribution in [0.25, 0.3) is 0 Å². The van der Waals surface area contributed by atoms with Gasteiger partial charge in [0.2, 0.25) is 0 Å². The molecule has 0 aromatic heterocycles. The van der Waals surface area contributed by atoms with E-state index in [1.807, 2.05) is 7.05 Å². The lowest BCUT2D eigenvalue weighted by Crippen LogP contribution is -2.41. The monoisotopic (exact) mass is 248 g/mol. The molecular formula is C15H24N2O. The maximum atomic E-state index is 5.96. The minimum atomic E-state index is 0.493. The minimum absolute atomic E-state index is 0.493. The van der Waals surface area contributed by atoms with Gasteiger partial charge >= 0.3 is 0 Å². The first-order valence-electron chi connectivity index (χ1n) is 6.75. The van der Waals surface area contributed by atoms with Crippen molar-refractivity contribution in [2.45, 2.75) is 32.7 Å². The van der Waals surface area contributed by atoms with Crippen LogP contribution in [0.15, 0.2) is 12.1 Å². The fourth-order valence-electron chi connectivity index (χ4n) is 2.66. The van der Waals surface area contributed by atoms with E-state index in [2.05, 4.69) is 43.2 Å². The summed E-state index contributed by atoms with van der Waals surface area (Å²) in [6.45, 7) is 6.15. The normalized spacial score (nSPS) is 18.4. The highest BCUT2D eigenvalue weighted by molar-refractivity contribution is 5.64. The Bertz CT molecular complexity index is 417. The Morgan fingerprint density at radius 1 is 1.39 bits per heavy atom. The molecule has 0 aliphatic carbocycles. The lowest BCUT2D eigenvalue weighted by atomic mass is 10.0. The van der Waals surface area contributed by atoms with E-state index in [9.17, 15) is 0 Å². The zero-order chi connectivity index (χ0) is 13.1. The largest absolute Gasteiger partial charge is 0.489 e. The van der Waals surface area contributed by atoms with Crippen molar-refractivity contribution in [3.63, 3.8) is 0 Å². The lowest BCUT2D eigenvalue weighted by molar-refractivity contribution is 0.256. The summed E-state index contributed by atoms with van der Waals surface area (Å²) in [6.07, 6.45) is 2.36. The van der Waals surface area contributed by atoms with Crippen LogP contribution in [0.5, 0.6) is 5.75 Å². The maximum Gasteiger partial charge on any atom is 0.145 e. The zero-order valence-corrected chi connectivity index (χ0v) is 11.9. The quantitative estimate of drug-likeness (QED) is 0.829. The molecule has 0 saturated heterocycles. The van der Waals surface area contributed by atoms with Crippen LogP contribution in [-0.2, 0) is 0 Å². The fourth-order valence-corrected chi connectivity index (χ4v) is 2.66. The third-order valence-corrected chi connectivity index (χ3v) is 3.71. The molecule has 1 heterocycles. The molecule has 1 atom stereocenters. The molecule has 1 aromatic carbocycles. The topological polar surface area (TPSA) is 24.5 Å². The summed E-state index contributed by atoms with van der Waals surface area (Å²) in [5, 5.41) is 3.20. The first kappa shape index (κ1) is 13.2. The molecule has 1 aliphatic heterocycles. The van der Waals surface area contributed by atoms with E-state index >= 15 is 0 Å². The number of likely N-dealkylation sites (N-methyl/N-ethyl adjacent to an activating group) is 1. The second-order valence-corrected chi connectivity index (χ2v) is 5.25. The Hall–Kier alpha value is -1.22. The van der Waals surface area contributed by atoms with Crippen LogP contribution in [0.1, 0.15) is 24.0 Å². The molecule has 2 rings (SSSR count). The Balaban J connectivity index is 2.14. The van der Waals surface area contributed by atoms with Gasteiger partial charge in [0.1, 0.15) is 12.4 Å². The number of hydrogen-bond acceptors (Lipinski definition) is 3. The van der Waals surface area contributed by atoms with Gasteiger partial charge in [-0.25, -0.2) is 0 Å². The van der Waals surface area contributed by atoms with Crippen LogP contribution in [0.4, 0.5) is 5.69 Å². The number of rotatable bonds is 4. The van der Waals surface area contributed by atoms with Crippen LogP contribution >= 0.6 is 0 Å². The van der Waals surface area contributed by atoms with Gasteiger partial charge in [0.25, 0.3) is 0 Å². The molecule has 0 spiro atoms. The zero-order valence-electron chi connectivity index (χ0n) is 11.9. The first-order valence-corrected chi connectivity index (χ1v) is 6.75. The van der Waals surface area contributed by atoms with E-state index < -0.39 is 0 Å². The molecule has 0 amide bonds. The van der Waals surface area contributed by atoms with Gasteiger partial charge in [0.05, 0.1) is 11.7 Å². The predicted molar refractivity (Wildman–Crippen MR) is 76.8 cm³/mol. The van der Waals surface area contributed by atoms with Crippen molar-refractivity contribution >= 4 is 5.69 Å². The second-order valence-electron chi connectivity index (χ2n) is 5.25. The average molecular weight is 248 g/mol. The van der Waals surface area contributed by atoms with E-state index in [1.165, 1.54) is 29.7 Å². The summed E-state index contributed by atoms with van der Waals surface area (Å²) in [5.74, 6) is 1.06. The van der Waals surface area contributed by atoms with Crippen molar-refractivity contribution in [2.24, 2.45) is 0 Å². The SMILES string of the molecule is CNCCCC1COc2c(C)cc(C)cc2N1C. The smallest absolute Gasteiger partial charge is 0.145 e. The van der Waals surface area contributed by atoms with Crippen molar-refractivity contribution < 1.29 is 4.74 Å². The summed E-state index contributed by atoms with van der Waals surface area (Å²) in [7, 11) is 4.19. The summed E-state index contributed by atoms with van der Waals surface area (Å²) < 4.78 is 5.96. The molecule has 1 aromatic rings. The molecular weight excluding hydrogens is 224 g/mol. The van der Waals surface area contributed by atoms with Gasteiger partial charge in [-0.15, -0.1) is 0 Å². The van der Waals surface area contributed by atoms with Gasteiger partial charge in [0, 0.05) is 7.05 Å². The number of aryl methyl sites for hydroxylation is 2. The number of fused-ring (bicyclic) bond motifs is 1. The molecule has 100 valence electrons. The van der Waals surface area contributed by atoms with Crippen LogP contribution in [-0.4, -0.2) is 33.3 Å². The highest BCUT2D eigenvalue weighted by Gasteiger charge is 2.25. The Morgan fingerprint density at radius 2 is 2.17 bits per heavy atom. The van der Waals surface area contributed by atoms with Gasteiger partial charge in [0.15, 0.2) is 0 Å². The van der Waals surface area contributed by atoms with E-state index in [0.717, 1.165) is 18.9 Å². The lowest BCUT2D eigenvalue weighted by Gasteiger charge is -2.37. The van der Waals surface area contributed by atoms with Gasteiger partial charge in [-0.2, -0.15) is 0 Å². The van der Waals surface area contributed by atoms with Crippen LogP contribution in [0.3, 0.4) is 0 Å². The van der Waals surface area contributed by atoms with Crippen molar-refractivity contribution in [1.82, 2.24) is 5.32 Å². The summed E-state index contributed by atoms with van der Waals surface area (Å²) in [5.41, 5.74) is 3.79. The molecule has 0 radical (unpaired) electrons.